The van der Waals surface area contributed by atoms with Crippen molar-refractivity contribution in [1.82, 2.24) is 0 Å². The van der Waals surface area contributed by atoms with E-state index in [9.17, 15) is 0 Å². The molecule has 0 heterocycles. The Bertz CT molecular complexity index is 301. The van der Waals surface area contributed by atoms with Gasteiger partial charge in [-0.1, -0.05) is 76.6 Å². The van der Waals surface area contributed by atoms with Crippen molar-refractivity contribution in [1.29, 1.82) is 0 Å². The molecule has 1 aromatic carbocycles. The van der Waals surface area contributed by atoms with E-state index in [1.165, 1.54) is 64.2 Å². The lowest BCUT2D eigenvalue weighted by Gasteiger charge is -2.09. The van der Waals surface area contributed by atoms with Crippen molar-refractivity contribution in [3.63, 3.8) is 0 Å². The summed E-state index contributed by atoms with van der Waals surface area (Å²) < 4.78 is 0. The Morgan fingerprint density at radius 1 is 0.611 bits per heavy atom. The summed E-state index contributed by atoms with van der Waals surface area (Å²) in [4.78, 5) is 0. The molecule has 0 aromatic heterocycles. The summed E-state index contributed by atoms with van der Waals surface area (Å²) in [6, 6.07) is 9.04. The van der Waals surface area contributed by atoms with E-state index in [0.717, 1.165) is 0 Å². The highest BCUT2D eigenvalue weighted by atomic mass is 14.1. The first-order chi connectivity index (χ1) is 8.88. The fourth-order valence-corrected chi connectivity index (χ4v) is 2.51. The van der Waals surface area contributed by atoms with Crippen LogP contribution in [0, 0.1) is 0 Å². The highest BCUT2D eigenvalue weighted by Gasteiger charge is 2.01. The number of rotatable bonds is 10. The van der Waals surface area contributed by atoms with Gasteiger partial charge in [0.25, 0.3) is 0 Å². The molecular formula is C18H30. The fourth-order valence-electron chi connectivity index (χ4n) is 2.51. The van der Waals surface area contributed by atoms with Crippen LogP contribution in [0.4, 0.5) is 0 Å². The van der Waals surface area contributed by atoms with Gasteiger partial charge in [0.15, 0.2) is 0 Å². The number of hydrogen-bond donors (Lipinski definition) is 0. The van der Waals surface area contributed by atoms with E-state index in [1.54, 1.807) is 11.1 Å². The van der Waals surface area contributed by atoms with E-state index in [4.69, 9.17) is 0 Å². The third-order valence-electron chi connectivity index (χ3n) is 3.72. The molecule has 0 bridgehead atoms. The quantitative estimate of drug-likeness (QED) is 0.449. The van der Waals surface area contributed by atoms with Crippen LogP contribution in [0.15, 0.2) is 24.3 Å². The number of unbranched alkanes of at least 4 members (excludes halogenated alkanes) is 6. The van der Waals surface area contributed by atoms with E-state index in [0.29, 0.717) is 0 Å². The van der Waals surface area contributed by atoms with Crippen molar-refractivity contribution < 1.29 is 0 Å². The molecule has 1 aromatic rings. The van der Waals surface area contributed by atoms with E-state index < -0.39 is 0 Å². The van der Waals surface area contributed by atoms with Gasteiger partial charge in [0, 0.05) is 0 Å². The third kappa shape index (κ3) is 6.23. The zero-order chi connectivity index (χ0) is 13.1. The Hall–Kier alpha value is -0.780. The monoisotopic (exact) mass is 246 g/mol. The summed E-state index contributed by atoms with van der Waals surface area (Å²) in [5.74, 6) is 0. The molecule has 0 heteroatoms. The number of aryl methyl sites for hydroxylation is 2. The summed E-state index contributed by atoms with van der Waals surface area (Å²) in [5, 5.41) is 0. The van der Waals surface area contributed by atoms with E-state index in [1.807, 2.05) is 0 Å². The van der Waals surface area contributed by atoms with Gasteiger partial charge in [0.05, 0.1) is 0 Å². The molecule has 0 unspecified atom stereocenters. The highest BCUT2D eigenvalue weighted by Crippen LogP contribution is 2.16. The van der Waals surface area contributed by atoms with Gasteiger partial charge >= 0.3 is 0 Å². The van der Waals surface area contributed by atoms with Crippen LogP contribution >= 0.6 is 0 Å². The Morgan fingerprint density at radius 2 is 1.11 bits per heavy atom. The molecule has 0 amide bonds. The minimum Gasteiger partial charge on any atom is -0.0654 e. The molecule has 0 nitrogen and oxygen atoms in total. The lowest BCUT2D eigenvalue weighted by Crippen LogP contribution is -1.94. The first-order valence-corrected chi connectivity index (χ1v) is 7.95. The Kier molecular flexibility index (Phi) is 8.63. The standard InChI is InChI=1S/C18H30/c1-3-5-7-8-9-10-14-18-16-12-11-15-17(18)13-6-4-2/h11-12,15-16H,3-10,13-14H2,1-2H3. The molecule has 0 saturated carbocycles. The zero-order valence-electron chi connectivity index (χ0n) is 12.4. The molecule has 0 aliphatic heterocycles. The SMILES string of the molecule is CCCCCCCCc1ccccc1CCCC. The summed E-state index contributed by atoms with van der Waals surface area (Å²) in [6.07, 6.45) is 13.5. The Labute approximate surface area is 114 Å². The van der Waals surface area contributed by atoms with Gasteiger partial charge < -0.3 is 0 Å². The summed E-state index contributed by atoms with van der Waals surface area (Å²) in [5.41, 5.74) is 3.19. The van der Waals surface area contributed by atoms with Gasteiger partial charge in [-0.2, -0.15) is 0 Å². The highest BCUT2D eigenvalue weighted by molar-refractivity contribution is 5.27. The number of hydrogen-bond acceptors (Lipinski definition) is 0. The first kappa shape index (κ1) is 15.3. The van der Waals surface area contributed by atoms with E-state index in [2.05, 4.69) is 38.1 Å². The van der Waals surface area contributed by atoms with Crippen LogP contribution in [0.5, 0.6) is 0 Å². The maximum Gasteiger partial charge on any atom is -0.0276 e. The molecular weight excluding hydrogens is 216 g/mol. The molecule has 102 valence electrons. The molecule has 18 heavy (non-hydrogen) atoms. The van der Waals surface area contributed by atoms with Crippen molar-refractivity contribution in [2.75, 3.05) is 0 Å². The summed E-state index contributed by atoms with van der Waals surface area (Å²) in [7, 11) is 0. The fraction of sp³-hybridized carbons (Fsp3) is 0.667. The van der Waals surface area contributed by atoms with Gasteiger partial charge in [0.1, 0.15) is 0 Å². The van der Waals surface area contributed by atoms with Gasteiger partial charge in [-0.05, 0) is 36.8 Å². The van der Waals surface area contributed by atoms with Crippen molar-refractivity contribution in [2.24, 2.45) is 0 Å². The van der Waals surface area contributed by atoms with Gasteiger partial charge in [-0.3, -0.25) is 0 Å². The minimum atomic E-state index is 1.27. The molecule has 0 atom stereocenters. The maximum absolute atomic E-state index is 2.33. The van der Waals surface area contributed by atoms with Gasteiger partial charge in [-0.25, -0.2) is 0 Å². The summed E-state index contributed by atoms with van der Waals surface area (Å²) >= 11 is 0. The predicted octanol–water partition coefficient (Wildman–Crippen LogP) is 5.93. The smallest absolute Gasteiger partial charge is 0.0276 e. The Balaban J connectivity index is 2.27. The lowest BCUT2D eigenvalue weighted by atomic mass is 9.97. The van der Waals surface area contributed by atoms with Crippen LogP contribution < -0.4 is 0 Å². The molecule has 0 saturated heterocycles. The normalized spacial score (nSPS) is 10.8. The van der Waals surface area contributed by atoms with Crippen molar-refractivity contribution >= 4 is 0 Å². The third-order valence-corrected chi connectivity index (χ3v) is 3.72. The average Bonchev–Trinajstić information content (AvgIpc) is 2.41. The maximum atomic E-state index is 2.33. The van der Waals surface area contributed by atoms with Crippen LogP contribution in [0.2, 0.25) is 0 Å². The molecule has 0 spiro atoms. The van der Waals surface area contributed by atoms with Crippen LogP contribution in [-0.4, -0.2) is 0 Å². The minimum absolute atomic E-state index is 1.27. The first-order valence-electron chi connectivity index (χ1n) is 7.95. The molecule has 0 fully saturated rings. The molecule has 0 N–H and O–H groups in total. The topological polar surface area (TPSA) is 0 Å². The second-order valence-electron chi connectivity index (χ2n) is 5.39. The molecule has 1 rings (SSSR count). The van der Waals surface area contributed by atoms with Crippen molar-refractivity contribution in [3.05, 3.63) is 35.4 Å². The van der Waals surface area contributed by atoms with Crippen LogP contribution in [0.1, 0.15) is 76.3 Å². The van der Waals surface area contributed by atoms with Gasteiger partial charge in [-0.15, -0.1) is 0 Å². The van der Waals surface area contributed by atoms with Crippen LogP contribution in [0.25, 0.3) is 0 Å². The molecule has 0 radical (unpaired) electrons. The summed E-state index contributed by atoms with van der Waals surface area (Å²) in [6.45, 7) is 4.56. The Morgan fingerprint density at radius 3 is 1.72 bits per heavy atom. The average molecular weight is 246 g/mol. The molecule has 0 aliphatic carbocycles. The second kappa shape index (κ2) is 10.2. The zero-order valence-corrected chi connectivity index (χ0v) is 12.4. The predicted molar refractivity (Wildman–Crippen MR) is 82.1 cm³/mol. The van der Waals surface area contributed by atoms with Crippen LogP contribution in [0.3, 0.4) is 0 Å². The van der Waals surface area contributed by atoms with Crippen LogP contribution in [-0.2, 0) is 12.8 Å². The van der Waals surface area contributed by atoms with E-state index >= 15 is 0 Å². The molecule has 0 aliphatic rings. The lowest BCUT2D eigenvalue weighted by molar-refractivity contribution is 0.606. The largest absolute Gasteiger partial charge is 0.0654 e. The van der Waals surface area contributed by atoms with Crippen molar-refractivity contribution in [2.45, 2.75) is 78.1 Å². The van der Waals surface area contributed by atoms with Gasteiger partial charge in [0.2, 0.25) is 0 Å². The van der Waals surface area contributed by atoms with E-state index in [-0.39, 0.29) is 0 Å². The second-order valence-corrected chi connectivity index (χ2v) is 5.39. The number of benzene rings is 1. The van der Waals surface area contributed by atoms with Crippen molar-refractivity contribution in [3.8, 4) is 0 Å².